The van der Waals surface area contributed by atoms with Crippen molar-refractivity contribution in [2.45, 2.75) is 0 Å². The number of hydrogen-bond acceptors (Lipinski definition) is 5. The van der Waals surface area contributed by atoms with Gasteiger partial charge in [-0.25, -0.2) is 4.98 Å². The number of nitrogens with one attached hydrogen (secondary N) is 2. The van der Waals surface area contributed by atoms with E-state index in [-0.39, 0.29) is 16.8 Å². The van der Waals surface area contributed by atoms with Crippen molar-refractivity contribution in [3.63, 3.8) is 0 Å². The van der Waals surface area contributed by atoms with E-state index >= 15 is 0 Å². The van der Waals surface area contributed by atoms with E-state index in [0.717, 1.165) is 5.56 Å². The summed E-state index contributed by atoms with van der Waals surface area (Å²) in [6.45, 7) is 0. The van der Waals surface area contributed by atoms with Crippen molar-refractivity contribution in [2.75, 3.05) is 5.32 Å². The second-order valence-corrected chi connectivity index (χ2v) is 7.39. The van der Waals surface area contributed by atoms with E-state index in [2.05, 4.69) is 15.6 Å². The number of anilines is 1. The zero-order valence-electron chi connectivity index (χ0n) is 16.0. The summed E-state index contributed by atoms with van der Waals surface area (Å²) < 4.78 is 5.69. The van der Waals surface area contributed by atoms with E-state index < -0.39 is 0 Å². The summed E-state index contributed by atoms with van der Waals surface area (Å²) in [6.07, 6.45) is 3.01. The molecule has 1 aromatic heterocycles. The summed E-state index contributed by atoms with van der Waals surface area (Å²) in [6, 6.07) is 19.3. The van der Waals surface area contributed by atoms with E-state index in [1.807, 2.05) is 18.2 Å². The zero-order valence-corrected chi connectivity index (χ0v) is 17.6. The van der Waals surface area contributed by atoms with Crippen LogP contribution in [0.25, 0.3) is 28.6 Å². The van der Waals surface area contributed by atoms with Crippen LogP contribution < -0.4 is 10.6 Å². The number of fused-ring (bicyclic) bond motifs is 1. The van der Waals surface area contributed by atoms with Crippen LogP contribution in [0.3, 0.4) is 0 Å². The molecule has 0 bridgehead atoms. The average molecular weight is 450 g/mol. The first-order valence-electron chi connectivity index (χ1n) is 9.22. The van der Waals surface area contributed by atoms with Crippen molar-refractivity contribution in [3.05, 3.63) is 83.4 Å². The fourth-order valence-electron chi connectivity index (χ4n) is 2.84. The number of phenols is 1. The number of carbonyl (C=O) groups excluding carboxylic acids is 1. The smallest absolute Gasteiger partial charge is 0.250 e. The molecule has 4 aromatic rings. The van der Waals surface area contributed by atoms with Gasteiger partial charge in [-0.15, -0.1) is 0 Å². The van der Waals surface area contributed by atoms with Crippen molar-refractivity contribution >= 4 is 57.7 Å². The number of amides is 1. The minimum atomic E-state index is -0.389. The van der Waals surface area contributed by atoms with Crippen molar-refractivity contribution in [1.29, 1.82) is 0 Å². The monoisotopic (exact) mass is 449 g/mol. The Morgan fingerprint density at radius 3 is 2.61 bits per heavy atom. The predicted octanol–water partition coefficient (Wildman–Crippen LogP) is 5.38. The number of nitrogens with zero attached hydrogens (tertiary/aromatic N) is 1. The predicted molar refractivity (Wildman–Crippen MR) is 126 cm³/mol. The highest BCUT2D eigenvalue weighted by atomic mass is 35.5. The molecular weight excluding hydrogens is 434 g/mol. The van der Waals surface area contributed by atoms with Crippen LogP contribution in [0.15, 0.2) is 77.2 Å². The van der Waals surface area contributed by atoms with Gasteiger partial charge >= 0.3 is 0 Å². The third-order valence-electron chi connectivity index (χ3n) is 4.31. The first-order valence-corrected chi connectivity index (χ1v) is 10.0. The molecule has 3 aromatic carbocycles. The molecule has 154 valence electrons. The van der Waals surface area contributed by atoms with E-state index in [9.17, 15) is 9.90 Å². The summed E-state index contributed by atoms with van der Waals surface area (Å²) in [5, 5.41) is 16.5. The molecule has 0 fully saturated rings. The Labute approximate surface area is 188 Å². The number of oxazole rings is 1. The van der Waals surface area contributed by atoms with Crippen LogP contribution in [0.1, 0.15) is 5.56 Å². The molecule has 31 heavy (non-hydrogen) atoms. The molecular formula is C23H16ClN3O3S. The number of para-hydroxylation sites is 2. The highest BCUT2D eigenvalue weighted by Crippen LogP contribution is 2.33. The van der Waals surface area contributed by atoms with Gasteiger partial charge in [0.25, 0.3) is 0 Å². The summed E-state index contributed by atoms with van der Waals surface area (Å²) in [5.41, 5.74) is 3.12. The molecule has 1 amide bonds. The highest BCUT2D eigenvalue weighted by Gasteiger charge is 2.13. The summed E-state index contributed by atoms with van der Waals surface area (Å²) in [5.74, 6) is -0.110. The van der Waals surface area contributed by atoms with Crippen molar-refractivity contribution in [3.8, 4) is 17.2 Å². The van der Waals surface area contributed by atoms with Gasteiger partial charge in [0.1, 0.15) is 11.3 Å². The zero-order chi connectivity index (χ0) is 21.8. The summed E-state index contributed by atoms with van der Waals surface area (Å²) >= 11 is 11.0. The minimum absolute atomic E-state index is 0.0340. The molecule has 0 radical (unpaired) electrons. The summed E-state index contributed by atoms with van der Waals surface area (Å²) in [4.78, 5) is 16.4. The molecule has 8 heteroatoms. The molecule has 0 saturated heterocycles. The quantitative estimate of drug-likeness (QED) is 0.286. The average Bonchev–Trinajstić information content (AvgIpc) is 3.17. The fourth-order valence-corrected chi connectivity index (χ4v) is 3.18. The Hall–Kier alpha value is -3.68. The molecule has 0 aliphatic heterocycles. The lowest BCUT2D eigenvalue weighted by Crippen LogP contribution is -2.32. The Kier molecular flexibility index (Phi) is 5.97. The van der Waals surface area contributed by atoms with Gasteiger partial charge in [0, 0.05) is 22.9 Å². The molecule has 0 aliphatic rings. The van der Waals surface area contributed by atoms with E-state index in [4.69, 9.17) is 28.2 Å². The first-order chi connectivity index (χ1) is 15.0. The molecule has 1 heterocycles. The van der Waals surface area contributed by atoms with Gasteiger partial charge in [-0.1, -0.05) is 35.9 Å². The number of aromatic hydroxyl groups is 1. The standard InChI is InChI=1S/C23H16ClN3O3S/c24-15-8-5-14(6-9-15)7-12-21(29)27-23(31)25-16-10-11-17(19(28)13-16)22-26-18-3-1-2-4-20(18)30-22/h1-13,28H,(H2,25,27,29,31). The van der Waals surface area contributed by atoms with Gasteiger partial charge in [0.05, 0.1) is 5.56 Å². The Morgan fingerprint density at radius 2 is 1.87 bits per heavy atom. The van der Waals surface area contributed by atoms with E-state index in [1.165, 1.54) is 12.1 Å². The Morgan fingerprint density at radius 1 is 1.10 bits per heavy atom. The molecule has 0 spiro atoms. The largest absolute Gasteiger partial charge is 0.507 e. The normalized spacial score (nSPS) is 11.0. The highest BCUT2D eigenvalue weighted by molar-refractivity contribution is 7.80. The van der Waals surface area contributed by atoms with E-state index in [1.54, 1.807) is 48.5 Å². The number of thiocarbonyl (C=S) groups is 1. The third kappa shape index (κ3) is 5.09. The van der Waals surface area contributed by atoms with Gasteiger partial charge in [0.15, 0.2) is 10.7 Å². The second kappa shape index (κ2) is 8.99. The third-order valence-corrected chi connectivity index (χ3v) is 4.77. The minimum Gasteiger partial charge on any atom is -0.507 e. The van der Waals surface area contributed by atoms with Gasteiger partial charge in [-0.2, -0.15) is 0 Å². The number of halogens is 1. The lowest BCUT2D eigenvalue weighted by atomic mass is 10.2. The maximum absolute atomic E-state index is 12.1. The Bertz CT molecular complexity index is 1270. The van der Waals surface area contributed by atoms with Gasteiger partial charge in [-0.05, 0) is 60.3 Å². The van der Waals surface area contributed by atoms with Gasteiger partial charge in [0.2, 0.25) is 11.8 Å². The van der Waals surface area contributed by atoms with Crippen LogP contribution in [0.5, 0.6) is 5.75 Å². The van der Waals surface area contributed by atoms with Gasteiger partial charge < -0.3 is 14.8 Å². The maximum atomic E-state index is 12.1. The molecule has 0 saturated carbocycles. The lowest BCUT2D eigenvalue weighted by Gasteiger charge is -2.09. The maximum Gasteiger partial charge on any atom is 0.250 e. The molecule has 0 aliphatic carbocycles. The first kappa shape index (κ1) is 20.6. The van der Waals surface area contributed by atoms with Gasteiger partial charge in [-0.3, -0.25) is 10.1 Å². The van der Waals surface area contributed by atoms with E-state index in [0.29, 0.717) is 33.3 Å². The number of carbonyl (C=O) groups is 1. The van der Waals surface area contributed by atoms with Crippen LogP contribution in [-0.2, 0) is 4.79 Å². The number of aromatic nitrogens is 1. The Balaban J connectivity index is 1.39. The van der Waals surface area contributed by atoms with Crippen LogP contribution >= 0.6 is 23.8 Å². The molecule has 4 rings (SSSR count). The van der Waals surface area contributed by atoms with Crippen molar-refractivity contribution < 1.29 is 14.3 Å². The van der Waals surface area contributed by atoms with Crippen LogP contribution in [0.4, 0.5) is 5.69 Å². The second-order valence-electron chi connectivity index (χ2n) is 6.55. The van der Waals surface area contributed by atoms with Crippen molar-refractivity contribution in [1.82, 2.24) is 10.3 Å². The number of benzene rings is 3. The molecule has 0 unspecified atom stereocenters. The topological polar surface area (TPSA) is 87.4 Å². The van der Waals surface area contributed by atoms with Crippen LogP contribution in [0.2, 0.25) is 5.02 Å². The summed E-state index contributed by atoms with van der Waals surface area (Å²) in [7, 11) is 0. The number of phenolic OH excluding ortho intramolecular Hbond substituents is 1. The molecule has 0 atom stereocenters. The van der Waals surface area contributed by atoms with Crippen LogP contribution in [0, 0.1) is 0 Å². The fraction of sp³-hybridized carbons (Fsp3) is 0. The number of hydrogen-bond donors (Lipinski definition) is 3. The molecule has 3 N–H and O–H groups in total. The molecule has 6 nitrogen and oxygen atoms in total. The van der Waals surface area contributed by atoms with Crippen molar-refractivity contribution in [2.24, 2.45) is 0 Å². The number of rotatable bonds is 4. The lowest BCUT2D eigenvalue weighted by molar-refractivity contribution is -0.115. The SMILES string of the molecule is O=C(C=Cc1ccc(Cl)cc1)NC(=S)Nc1ccc(-c2nc3ccccc3o2)c(O)c1. The van der Waals surface area contributed by atoms with Crippen LogP contribution in [-0.4, -0.2) is 21.1 Å².